The predicted octanol–water partition coefficient (Wildman–Crippen LogP) is 0.387. The molecule has 4 heterocycles. The van der Waals surface area contributed by atoms with E-state index >= 15 is 0 Å². The van der Waals surface area contributed by atoms with Crippen LogP contribution in [-0.2, 0) is 34.5 Å². The molecule has 12 heteroatoms. The lowest BCUT2D eigenvalue weighted by Crippen LogP contribution is -2.52. The van der Waals surface area contributed by atoms with Gasteiger partial charge in [0.05, 0.1) is 18.1 Å². The topological polar surface area (TPSA) is 144 Å². The molecule has 3 aromatic rings. The zero-order chi connectivity index (χ0) is 24.0. The second kappa shape index (κ2) is 8.21. The number of carbonyl (C=O) groups excluding carboxylic acids is 4. The summed E-state index contributed by atoms with van der Waals surface area (Å²) in [7, 11) is 1.81. The maximum atomic E-state index is 12.9. The lowest BCUT2D eigenvalue weighted by molar-refractivity contribution is -0.137. The van der Waals surface area contributed by atoms with E-state index in [1.807, 2.05) is 14.0 Å². The van der Waals surface area contributed by atoms with Gasteiger partial charge in [-0.25, -0.2) is 4.68 Å². The molecule has 2 aromatic heterocycles. The van der Waals surface area contributed by atoms with Crippen LogP contribution in [0.15, 0.2) is 30.6 Å². The highest BCUT2D eigenvalue weighted by atomic mass is 16.2. The van der Waals surface area contributed by atoms with E-state index in [1.54, 1.807) is 35.3 Å². The molecule has 2 aliphatic rings. The summed E-state index contributed by atoms with van der Waals surface area (Å²) >= 11 is 0. The number of hydrogen-bond acceptors (Lipinski definition) is 7. The molecule has 0 spiro atoms. The Morgan fingerprint density at radius 1 is 1.26 bits per heavy atom. The Morgan fingerprint density at radius 2 is 2.09 bits per heavy atom. The van der Waals surface area contributed by atoms with Crippen LogP contribution in [0.4, 0.5) is 5.69 Å². The van der Waals surface area contributed by atoms with Crippen molar-refractivity contribution in [2.45, 2.75) is 38.9 Å². The van der Waals surface area contributed by atoms with Gasteiger partial charge in [-0.2, -0.15) is 5.10 Å². The highest BCUT2D eigenvalue weighted by molar-refractivity contribution is 6.06. The largest absolute Gasteiger partial charge is 0.324 e. The Labute approximate surface area is 193 Å². The average Bonchev–Trinajstić information content (AvgIpc) is 3.47. The van der Waals surface area contributed by atoms with Gasteiger partial charge < -0.3 is 10.2 Å². The standard InChI is InChI=1S/C22H22N8O4/c1-12-8-23-28(2)20(12)16-10-29(27-26-16)11-19(32)24-15-5-3-4-13-14(15)9-30(22(13)34)17-6-7-18(31)25-21(17)33/h3-5,8,10,17H,6-7,9,11H2,1-2H3,(H,24,32)(H,25,31,33). The number of aryl methyl sites for hydroxylation is 2. The van der Waals surface area contributed by atoms with Gasteiger partial charge in [0.2, 0.25) is 17.7 Å². The van der Waals surface area contributed by atoms with Crippen LogP contribution in [0.2, 0.25) is 0 Å². The number of imide groups is 1. The molecule has 1 aromatic carbocycles. The van der Waals surface area contributed by atoms with Crippen LogP contribution in [0, 0.1) is 6.92 Å². The number of aromatic nitrogens is 5. The first kappa shape index (κ1) is 21.5. The Balaban J connectivity index is 1.30. The molecular weight excluding hydrogens is 440 g/mol. The first-order valence-electron chi connectivity index (χ1n) is 10.8. The molecule has 1 atom stereocenters. The van der Waals surface area contributed by atoms with Gasteiger partial charge in [-0.3, -0.25) is 29.2 Å². The number of nitrogens with one attached hydrogen (secondary N) is 2. The van der Waals surface area contributed by atoms with Crippen molar-refractivity contribution in [2.75, 3.05) is 5.32 Å². The highest BCUT2D eigenvalue weighted by Crippen LogP contribution is 2.32. The van der Waals surface area contributed by atoms with Crippen LogP contribution in [0.3, 0.4) is 0 Å². The van der Waals surface area contributed by atoms with Crippen LogP contribution in [0.25, 0.3) is 11.4 Å². The molecule has 1 saturated heterocycles. The minimum Gasteiger partial charge on any atom is -0.324 e. The molecule has 174 valence electrons. The molecule has 1 unspecified atom stereocenters. The molecule has 0 aliphatic carbocycles. The van der Waals surface area contributed by atoms with E-state index in [2.05, 4.69) is 26.0 Å². The van der Waals surface area contributed by atoms with Gasteiger partial charge in [0.15, 0.2) is 0 Å². The molecule has 2 aliphatic heterocycles. The van der Waals surface area contributed by atoms with E-state index < -0.39 is 11.9 Å². The summed E-state index contributed by atoms with van der Waals surface area (Å²) in [6, 6.07) is 4.34. The van der Waals surface area contributed by atoms with E-state index in [1.165, 1.54) is 9.58 Å². The quantitative estimate of drug-likeness (QED) is 0.522. The van der Waals surface area contributed by atoms with Crippen LogP contribution in [0.1, 0.15) is 34.3 Å². The molecule has 4 amide bonds. The molecular formula is C22H22N8O4. The number of anilines is 1. The van der Waals surface area contributed by atoms with Crippen molar-refractivity contribution < 1.29 is 19.2 Å². The summed E-state index contributed by atoms with van der Waals surface area (Å²) in [5, 5.41) is 17.5. The lowest BCUT2D eigenvalue weighted by atomic mass is 10.0. The summed E-state index contributed by atoms with van der Waals surface area (Å²) in [5.74, 6) is -1.45. The van der Waals surface area contributed by atoms with Gasteiger partial charge in [0, 0.05) is 36.8 Å². The summed E-state index contributed by atoms with van der Waals surface area (Å²) in [6.45, 7) is 2.02. The van der Waals surface area contributed by atoms with Crippen molar-refractivity contribution >= 4 is 29.3 Å². The predicted molar refractivity (Wildman–Crippen MR) is 118 cm³/mol. The molecule has 34 heavy (non-hydrogen) atoms. The molecule has 5 rings (SSSR count). The van der Waals surface area contributed by atoms with Gasteiger partial charge >= 0.3 is 0 Å². The maximum Gasteiger partial charge on any atom is 0.255 e. The molecule has 0 saturated carbocycles. The second-order valence-corrected chi connectivity index (χ2v) is 8.38. The van der Waals surface area contributed by atoms with E-state index in [0.717, 1.165) is 11.3 Å². The van der Waals surface area contributed by atoms with Crippen molar-refractivity contribution in [2.24, 2.45) is 7.05 Å². The highest BCUT2D eigenvalue weighted by Gasteiger charge is 2.39. The van der Waals surface area contributed by atoms with Gasteiger partial charge in [-0.1, -0.05) is 11.3 Å². The Bertz CT molecular complexity index is 1320. The average molecular weight is 462 g/mol. The number of hydrogen-bond donors (Lipinski definition) is 2. The molecule has 2 N–H and O–H groups in total. The number of amides is 4. The minimum atomic E-state index is -0.717. The van der Waals surface area contributed by atoms with Gasteiger partial charge in [-0.15, -0.1) is 5.10 Å². The molecule has 1 fully saturated rings. The number of carbonyl (C=O) groups is 4. The van der Waals surface area contributed by atoms with Crippen molar-refractivity contribution in [3.8, 4) is 11.4 Å². The summed E-state index contributed by atoms with van der Waals surface area (Å²) < 4.78 is 3.13. The SMILES string of the molecule is Cc1cnn(C)c1-c1cn(CC(=O)Nc2cccc3c2CN(C2CCC(=O)NC2=O)C3=O)nn1. The zero-order valence-electron chi connectivity index (χ0n) is 18.6. The lowest BCUT2D eigenvalue weighted by Gasteiger charge is -2.29. The van der Waals surface area contributed by atoms with Crippen molar-refractivity contribution in [3.63, 3.8) is 0 Å². The fourth-order valence-corrected chi connectivity index (χ4v) is 4.44. The summed E-state index contributed by atoms with van der Waals surface area (Å²) in [5.41, 5.74) is 3.93. The van der Waals surface area contributed by atoms with Crippen molar-refractivity contribution in [3.05, 3.63) is 47.3 Å². The summed E-state index contributed by atoms with van der Waals surface area (Å²) in [6.07, 6.45) is 3.86. The number of nitrogens with zero attached hydrogens (tertiary/aromatic N) is 6. The van der Waals surface area contributed by atoms with E-state index in [9.17, 15) is 19.2 Å². The fourth-order valence-electron chi connectivity index (χ4n) is 4.44. The van der Waals surface area contributed by atoms with E-state index in [0.29, 0.717) is 22.5 Å². The third kappa shape index (κ3) is 3.72. The third-order valence-corrected chi connectivity index (χ3v) is 6.06. The Kier molecular flexibility index (Phi) is 5.19. The van der Waals surface area contributed by atoms with Crippen LogP contribution < -0.4 is 10.6 Å². The zero-order valence-corrected chi connectivity index (χ0v) is 18.6. The first-order valence-corrected chi connectivity index (χ1v) is 10.8. The Hall–Kier alpha value is -4.35. The van der Waals surface area contributed by atoms with Crippen molar-refractivity contribution in [1.29, 1.82) is 0 Å². The van der Waals surface area contributed by atoms with Gasteiger partial charge in [0.1, 0.15) is 18.3 Å². The summed E-state index contributed by atoms with van der Waals surface area (Å²) in [4.78, 5) is 50.9. The number of benzene rings is 1. The molecule has 0 bridgehead atoms. The second-order valence-electron chi connectivity index (χ2n) is 8.38. The van der Waals surface area contributed by atoms with E-state index in [-0.39, 0.29) is 43.7 Å². The molecule has 0 radical (unpaired) electrons. The maximum absolute atomic E-state index is 12.9. The van der Waals surface area contributed by atoms with Gasteiger partial charge in [0.25, 0.3) is 5.91 Å². The number of fused-ring (bicyclic) bond motifs is 1. The van der Waals surface area contributed by atoms with Gasteiger partial charge in [-0.05, 0) is 31.0 Å². The van der Waals surface area contributed by atoms with Crippen LogP contribution in [0.5, 0.6) is 0 Å². The first-order chi connectivity index (χ1) is 16.3. The minimum absolute atomic E-state index is 0.0711. The van der Waals surface area contributed by atoms with Crippen molar-refractivity contribution in [1.82, 2.24) is 35.0 Å². The Morgan fingerprint density at radius 3 is 2.82 bits per heavy atom. The number of piperidine rings is 1. The molecule has 12 nitrogen and oxygen atoms in total. The van der Waals surface area contributed by atoms with E-state index in [4.69, 9.17) is 0 Å². The number of rotatable bonds is 5. The fraction of sp³-hybridized carbons (Fsp3) is 0.318. The smallest absolute Gasteiger partial charge is 0.255 e. The third-order valence-electron chi connectivity index (χ3n) is 6.06. The van der Waals surface area contributed by atoms with Crippen LogP contribution >= 0.6 is 0 Å². The van der Waals surface area contributed by atoms with Crippen LogP contribution in [-0.4, -0.2) is 59.3 Å². The monoisotopic (exact) mass is 462 g/mol. The normalized spacial score (nSPS) is 17.6.